The fourth-order valence-corrected chi connectivity index (χ4v) is 7.27. The van der Waals surface area contributed by atoms with Crippen LogP contribution in [0.15, 0.2) is 12.2 Å². The average molecular weight is 405 g/mol. The summed E-state index contributed by atoms with van der Waals surface area (Å²) in [5.41, 5.74) is 0. The number of allylic oxidation sites excluding steroid dienone is 1. The lowest BCUT2D eigenvalue weighted by atomic mass is 9.87. The Kier molecular flexibility index (Phi) is 8.19. The Hall–Kier alpha value is 0.250. The second-order valence-corrected chi connectivity index (χ2v) is 10.5. The van der Waals surface area contributed by atoms with Gasteiger partial charge in [-0.1, -0.05) is 31.9 Å². The fraction of sp³-hybridized carbons (Fsp3) is 0.900. The fourth-order valence-electron chi connectivity index (χ4n) is 4.41. The standard InChI is InChI=1S/C20H33FO3S2/c1-2-3-4-17(21)18(22)7-5-15-9-10-20(23-11-12-24-20)16(15)6-8-19-25-13-14-26-19/h5,7,15-19,22H,2-4,6,8-14H2,1H3. The Labute approximate surface area is 165 Å². The van der Waals surface area contributed by atoms with Gasteiger partial charge in [0, 0.05) is 23.8 Å². The third-order valence-electron chi connectivity index (χ3n) is 5.85. The molecule has 0 aromatic rings. The van der Waals surface area contributed by atoms with Crippen molar-refractivity contribution in [1.29, 1.82) is 0 Å². The van der Waals surface area contributed by atoms with Crippen molar-refractivity contribution in [3.05, 3.63) is 12.2 Å². The molecule has 2 heterocycles. The minimum atomic E-state index is -1.16. The van der Waals surface area contributed by atoms with Crippen molar-refractivity contribution >= 4 is 23.5 Å². The van der Waals surface area contributed by atoms with Crippen molar-refractivity contribution in [1.82, 2.24) is 0 Å². The third kappa shape index (κ3) is 5.19. The highest BCUT2D eigenvalue weighted by Crippen LogP contribution is 2.50. The van der Waals surface area contributed by atoms with Crippen LogP contribution in [0.1, 0.15) is 51.9 Å². The van der Waals surface area contributed by atoms with Crippen molar-refractivity contribution in [2.75, 3.05) is 24.7 Å². The van der Waals surface area contributed by atoms with E-state index in [4.69, 9.17) is 9.47 Å². The third-order valence-corrected chi connectivity index (χ3v) is 9.02. The quantitative estimate of drug-likeness (QED) is 0.560. The number of ether oxygens (including phenoxy) is 2. The summed E-state index contributed by atoms with van der Waals surface area (Å²) in [6, 6.07) is 0. The predicted molar refractivity (Wildman–Crippen MR) is 108 cm³/mol. The molecule has 2 saturated heterocycles. The second kappa shape index (κ2) is 10.1. The summed E-state index contributed by atoms with van der Waals surface area (Å²) < 4.78 is 26.9. The minimum absolute atomic E-state index is 0.303. The maximum atomic E-state index is 14.0. The van der Waals surface area contributed by atoms with E-state index >= 15 is 0 Å². The summed E-state index contributed by atoms with van der Waals surface area (Å²) in [4.78, 5) is 0. The zero-order valence-electron chi connectivity index (χ0n) is 15.8. The van der Waals surface area contributed by atoms with Crippen molar-refractivity contribution < 1.29 is 19.0 Å². The van der Waals surface area contributed by atoms with Crippen LogP contribution in [0, 0.1) is 11.8 Å². The highest BCUT2D eigenvalue weighted by Gasteiger charge is 2.51. The molecule has 0 radical (unpaired) electrons. The monoisotopic (exact) mass is 404 g/mol. The van der Waals surface area contributed by atoms with Gasteiger partial charge >= 0.3 is 0 Å². The van der Waals surface area contributed by atoms with Gasteiger partial charge in [-0.2, -0.15) is 0 Å². The van der Waals surface area contributed by atoms with Gasteiger partial charge in [-0.05, 0) is 31.6 Å². The molecule has 1 spiro atoms. The van der Waals surface area contributed by atoms with Crippen molar-refractivity contribution in [3.63, 3.8) is 0 Å². The van der Waals surface area contributed by atoms with E-state index in [-0.39, 0.29) is 0 Å². The molecule has 0 bridgehead atoms. The van der Waals surface area contributed by atoms with Crippen LogP contribution in [0.5, 0.6) is 0 Å². The average Bonchev–Trinajstić information content (AvgIpc) is 3.39. The molecule has 4 atom stereocenters. The largest absolute Gasteiger partial charge is 0.386 e. The van der Waals surface area contributed by atoms with E-state index in [0.717, 1.165) is 32.1 Å². The first-order chi connectivity index (χ1) is 12.6. The van der Waals surface area contributed by atoms with Gasteiger partial charge in [0.1, 0.15) is 12.3 Å². The number of hydrogen-bond acceptors (Lipinski definition) is 5. The molecular weight excluding hydrogens is 371 g/mol. The summed E-state index contributed by atoms with van der Waals surface area (Å²) in [7, 11) is 0. The minimum Gasteiger partial charge on any atom is -0.386 e. The van der Waals surface area contributed by atoms with Crippen LogP contribution in [0.4, 0.5) is 4.39 Å². The number of thioether (sulfide) groups is 2. The molecule has 26 heavy (non-hydrogen) atoms. The van der Waals surface area contributed by atoms with Gasteiger partial charge in [0.25, 0.3) is 0 Å². The Morgan fingerprint density at radius 1 is 1.23 bits per heavy atom. The molecule has 3 rings (SSSR count). The van der Waals surface area contributed by atoms with E-state index in [9.17, 15) is 9.50 Å². The Morgan fingerprint density at radius 3 is 2.65 bits per heavy atom. The zero-order chi connectivity index (χ0) is 18.4. The molecule has 0 amide bonds. The van der Waals surface area contributed by atoms with Crippen LogP contribution in [-0.4, -0.2) is 52.5 Å². The van der Waals surface area contributed by atoms with E-state index in [1.54, 1.807) is 6.08 Å². The molecule has 6 heteroatoms. The first-order valence-electron chi connectivity index (χ1n) is 10.2. The van der Waals surface area contributed by atoms with Gasteiger partial charge in [-0.15, -0.1) is 23.5 Å². The van der Waals surface area contributed by atoms with Gasteiger partial charge in [0.15, 0.2) is 5.79 Å². The lowest BCUT2D eigenvalue weighted by molar-refractivity contribution is -0.185. The smallest absolute Gasteiger partial charge is 0.171 e. The molecule has 3 fully saturated rings. The van der Waals surface area contributed by atoms with Crippen LogP contribution in [0.2, 0.25) is 0 Å². The molecule has 4 unspecified atom stereocenters. The first-order valence-corrected chi connectivity index (χ1v) is 12.3. The number of hydrogen-bond donors (Lipinski definition) is 1. The Bertz CT molecular complexity index is 450. The molecule has 1 N–H and O–H groups in total. The highest BCUT2D eigenvalue weighted by atomic mass is 32.2. The summed E-state index contributed by atoms with van der Waals surface area (Å²) in [6.45, 7) is 3.39. The summed E-state index contributed by atoms with van der Waals surface area (Å²) in [6.07, 6.45) is 7.92. The molecule has 0 aromatic heterocycles. The zero-order valence-corrected chi connectivity index (χ0v) is 17.4. The van der Waals surface area contributed by atoms with E-state index in [1.807, 2.05) is 13.0 Å². The SMILES string of the molecule is CCCCC(F)C(O)C=CC1CCC2(OCCO2)C1CCC1SCCS1. The van der Waals surface area contributed by atoms with Crippen LogP contribution in [-0.2, 0) is 9.47 Å². The molecule has 1 saturated carbocycles. The predicted octanol–water partition coefficient (Wildman–Crippen LogP) is 4.79. The maximum absolute atomic E-state index is 14.0. The lowest BCUT2D eigenvalue weighted by Gasteiger charge is -2.32. The number of rotatable bonds is 9. The van der Waals surface area contributed by atoms with E-state index in [2.05, 4.69) is 23.5 Å². The van der Waals surface area contributed by atoms with Crippen LogP contribution < -0.4 is 0 Å². The lowest BCUT2D eigenvalue weighted by Crippen LogP contribution is -2.36. The van der Waals surface area contributed by atoms with E-state index in [1.165, 1.54) is 17.9 Å². The molecule has 0 aromatic carbocycles. The van der Waals surface area contributed by atoms with Crippen LogP contribution >= 0.6 is 23.5 Å². The van der Waals surface area contributed by atoms with E-state index < -0.39 is 18.1 Å². The topological polar surface area (TPSA) is 38.7 Å². The highest BCUT2D eigenvalue weighted by molar-refractivity contribution is 8.20. The second-order valence-electron chi connectivity index (χ2n) is 7.60. The van der Waals surface area contributed by atoms with Gasteiger partial charge < -0.3 is 14.6 Å². The van der Waals surface area contributed by atoms with Gasteiger partial charge in [-0.25, -0.2) is 4.39 Å². The maximum Gasteiger partial charge on any atom is 0.171 e. The van der Waals surface area contributed by atoms with Gasteiger partial charge in [0.05, 0.1) is 17.8 Å². The van der Waals surface area contributed by atoms with Gasteiger partial charge in [0.2, 0.25) is 0 Å². The Balaban J connectivity index is 1.59. The number of aliphatic hydroxyl groups excluding tert-OH is 1. The van der Waals surface area contributed by atoms with E-state index in [0.29, 0.717) is 36.1 Å². The molecule has 3 nitrogen and oxygen atoms in total. The molecular formula is C20H33FO3S2. The summed E-state index contributed by atoms with van der Waals surface area (Å²) in [5, 5.41) is 10.1. The molecule has 2 aliphatic heterocycles. The normalized spacial score (nSPS) is 31.3. The Morgan fingerprint density at radius 2 is 1.96 bits per heavy atom. The number of aliphatic hydroxyl groups is 1. The van der Waals surface area contributed by atoms with Crippen LogP contribution in [0.25, 0.3) is 0 Å². The number of unbranched alkanes of at least 4 members (excludes halogenated alkanes) is 1. The van der Waals surface area contributed by atoms with Crippen LogP contribution in [0.3, 0.4) is 0 Å². The number of halogens is 1. The molecule has 3 aliphatic rings. The summed E-state index contributed by atoms with van der Waals surface area (Å²) in [5.74, 6) is 2.68. The molecule has 150 valence electrons. The molecule has 1 aliphatic carbocycles. The van der Waals surface area contributed by atoms with Crippen molar-refractivity contribution in [2.24, 2.45) is 11.8 Å². The van der Waals surface area contributed by atoms with Crippen molar-refractivity contribution in [2.45, 2.75) is 74.5 Å². The number of alkyl halides is 1. The first kappa shape index (κ1) is 21.0. The summed E-state index contributed by atoms with van der Waals surface area (Å²) >= 11 is 4.12. The van der Waals surface area contributed by atoms with Crippen molar-refractivity contribution in [3.8, 4) is 0 Å². The van der Waals surface area contributed by atoms with Gasteiger partial charge in [-0.3, -0.25) is 0 Å².